The molecule has 1 heterocycles. The summed E-state index contributed by atoms with van der Waals surface area (Å²) < 4.78 is 78.5. The summed E-state index contributed by atoms with van der Waals surface area (Å²) in [7, 11) is 0. The fourth-order valence-electron chi connectivity index (χ4n) is 2.43. The molecule has 0 fully saturated rings. The van der Waals surface area contributed by atoms with Gasteiger partial charge in [0, 0.05) is 11.6 Å². The van der Waals surface area contributed by atoms with E-state index in [4.69, 9.17) is 4.74 Å². The number of benzene rings is 2. The largest absolute Gasteiger partial charge is 0.545 e. The first kappa shape index (κ1) is 19.2. The van der Waals surface area contributed by atoms with E-state index in [1.165, 1.54) is 18.2 Å². The van der Waals surface area contributed by atoms with E-state index in [2.05, 4.69) is 20.7 Å². The van der Waals surface area contributed by atoms with Gasteiger partial charge in [0.15, 0.2) is 11.6 Å². The van der Waals surface area contributed by atoms with E-state index in [0.717, 1.165) is 6.07 Å². The molecule has 4 nitrogen and oxygen atoms in total. The SMILES string of the molecule is O=C([O-])C1=Cc2ccccc2OC1(Oc1cc(F)c(Br)cc1F)C(F)(F)F. The van der Waals surface area contributed by atoms with Crippen LogP contribution < -0.4 is 14.6 Å². The molecule has 0 saturated carbocycles. The highest BCUT2D eigenvalue weighted by Crippen LogP contribution is 2.46. The first-order valence-electron chi connectivity index (χ1n) is 7.17. The Hall–Kier alpha value is -2.62. The highest BCUT2D eigenvalue weighted by Gasteiger charge is 2.65. The molecule has 0 aliphatic carbocycles. The van der Waals surface area contributed by atoms with Crippen molar-refractivity contribution >= 4 is 28.0 Å². The number of aliphatic carboxylic acids is 1. The Labute approximate surface area is 156 Å². The van der Waals surface area contributed by atoms with Gasteiger partial charge in [0.2, 0.25) is 0 Å². The summed E-state index contributed by atoms with van der Waals surface area (Å²) in [5.74, 6) is -10.2. The van der Waals surface area contributed by atoms with Crippen molar-refractivity contribution in [1.29, 1.82) is 0 Å². The number of carbonyl (C=O) groups excluding carboxylic acids is 1. The lowest BCUT2D eigenvalue weighted by Crippen LogP contribution is -2.60. The number of ether oxygens (including phenoxy) is 2. The molecule has 0 aromatic heterocycles. The number of rotatable bonds is 3. The van der Waals surface area contributed by atoms with Crippen molar-refractivity contribution in [1.82, 2.24) is 0 Å². The van der Waals surface area contributed by atoms with E-state index in [1.54, 1.807) is 0 Å². The van der Waals surface area contributed by atoms with E-state index in [1.807, 2.05) is 0 Å². The van der Waals surface area contributed by atoms with Crippen LogP contribution in [-0.4, -0.2) is 17.9 Å². The van der Waals surface area contributed by atoms with Crippen molar-refractivity contribution in [2.75, 3.05) is 0 Å². The summed E-state index contributed by atoms with van der Waals surface area (Å²) >= 11 is 2.68. The molecule has 0 radical (unpaired) electrons. The van der Waals surface area contributed by atoms with Gasteiger partial charge in [-0.15, -0.1) is 0 Å². The standard InChI is InChI=1S/C17H8BrF5O4/c18-10-6-12(20)14(7-11(10)19)27-16(17(21,22)23)9(15(24)25)5-8-3-1-2-4-13(8)26-16/h1-7H,(H,24,25)/p-1. The van der Waals surface area contributed by atoms with Crippen molar-refractivity contribution < 1.29 is 41.3 Å². The number of halogens is 6. The summed E-state index contributed by atoms with van der Waals surface area (Å²) in [5.41, 5.74) is -1.43. The molecule has 1 atom stereocenters. The van der Waals surface area contributed by atoms with Gasteiger partial charge < -0.3 is 19.4 Å². The van der Waals surface area contributed by atoms with Crippen LogP contribution in [0.1, 0.15) is 5.56 Å². The molecule has 10 heteroatoms. The minimum absolute atomic E-state index is 0.0163. The smallest absolute Gasteiger partial charge is 0.473 e. The predicted octanol–water partition coefficient (Wildman–Crippen LogP) is 3.59. The average molecular weight is 450 g/mol. The third-order valence-corrected chi connectivity index (χ3v) is 4.26. The van der Waals surface area contributed by atoms with Crippen LogP contribution in [0.25, 0.3) is 6.08 Å². The van der Waals surface area contributed by atoms with Gasteiger partial charge in [-0.3, -0.25) is 0 Å². The third kappa shape index (κ3) is 3.25. The number of carboxylic acid groups (broad SMARTS) is 1. The van der Waals surface area contributed by atoms with Crippen LogP contribution >= 0.6 is 15.9 Å². The van der Waals surface area contributed by atoms with Crippen molar-refractivity contribution in [2.45, 2.75) is 12.0 Å². The van der Waals surface area contributed by atoms with Crippen LogP contribution in [-0.2, 0) is 4.79 Å². The first-order valence-corrected chi connectivity index (χ1v) is 7.96. The lowest BCUT2D eigenvalue weighted by atomic mass is 9.97. The van der Waals surface area contributed by atoms with Crippen LogP contribution in [0.5, 0.6) is 11.5 Å². The maximum Gasteiger partial charge on any atom is 0.473 e. The number of hydrogen-bond acceptors (Lipinski definition) is 4. The number of para-hydroxylation sites is 1. The van der Waals surface area contributed by atoms with Crippen LogP contribution in [0, 0.1) is 11.6 Å². The first-order chi connectivity index (χ1) is 12.5. The second-order valence-corrected chi connectivity index (χ2v) is 6.25. The minimum Gasteiger partial charge on any atom is -0.545 e. The molecular weight excluding hydrogens is 443 g/mol. The maximum absolute atomic E-state index is 14.0. The Morgan fingerprint density at radius 1 is 1.15 bits per heavy atom. The molecule has 1 aliphatic rings. The lowest BCUT2D eigenvalue weighted by molar-refractivity contribution is -0.327. The fourth-order valence-corrected chi connectivity index (χ4v) is 2.74. The Balaban J connectivity index is 2.22. The molecule has 0 spiro atoms. The molecule has 0 amide bonds. The van der Waals surface area contributed by atoms with E-state index in [0.29, 0.717) is 18.2 Å². The summed E-state index contributed by atoms with van der Waals surface area (Å²) in [4.78, 5) is 11.4. The molecular formula is C17H7BrF5O4-. The molecule has 0 bridgehead atoms. The molecule has 2 aromatic rings. The second-order valence-electron chi connectivity index (χ2n) is 5.40. The topological polar surface area (TPSA) is 58.6 Å². The number of carboxylic acids is 1. The Bertz CT molecular complexity index is 957. The Kier molecular flexibility index (Phi) is 4.62. The summed E-state index contributed by atoms with van der Waals surface area (Å²) in [6, 6.07) is 6.10. The molecule has 3 rings (SSSR count). The van der Waals surface area contributed by atoms with Gasteiger partial charge in [0.05, 0.1) is 16.0 Å². The fraction of sp³-hybridized carbons (Fsp3) is 0.118. The van der Waals surface area contributed by atoms with Crippen LogP contribution in [0.3, 0.4) is 0 Å². The molecule has 0 saturated heterocycles. The zero-order valence-corrected chi connectivity index (χ0v) is 14.5. The van der Waals surface area contributed by atoms with Gasteiger partial charge in [-0.25, -0.2) is 8.78 Å². The van der Waals surface area contributed by atoms with Crippen molar-refractivity contribution in [3.05, 3.63) is 63.6 Å². The Morgan fingerprint density at radius 3 is 2.44 bits per heavy atom. The van der Waals surface area contributed by atoms with Gasteiger partial charge >= 0.3 is 12.0 Å². The molecule has 27 heavy (non-hydrogen) atoms. The van der Waals surface area contributed by atoms with Crippen molar-refractivity contribution in [2.24, 2.45) is 0 Å². The van der Waals surface area contributed by atoms with Gasteiger partial charge in [-0.1, -0.05) is 18.2 Å². The normalized spacial score (nSPS) is 19.0. The Morgan fingerprint density at radius 2 is 1.81 bits per heavy atom. The van der Waals surface area contributed by atoms with Gasteiger partial charge in [-0.2, -0.15) is 13.2 Å². The van der Waals surface area contributed by atoms with Crippen LogP contribution in [0.15, 0.2) is 46.4 Å². The van der Waals surface area contributed by atoms with E-state index in [9.17, 15) is 31.9 Å². The average Bonchev–Trinajstić information content (AvgIpc) is 2.57. The molecule has 0 N–H and O–H groups in total. The van der Waals surface area contributed by atoms with E-state index >= 15 is 0 Å². The number of fused-ring (bicyclic) bond motifs is 1. The van der Waals surface area contributed by atoms with Gasteiger partial charge in [-0.05, 0) is 34.1 Å². The third-order valence-electron chi connectivity index (χ3n) is 3.65. The summed E-state index contributed by atoms with van der Waals surface area (Å²) in [6.07, 6.45) is -4.84. The highest BCUT2D eigenvalue weighted by molar-refractivity contribution is 9.10. The summed E-state index contributed by atoms with van der Waals surface area (Å²) in [5, 5.41) is 11.4. The van der Waals surface area contributed by atoms with E-state index in [-0.39, 0.29) is 15.8 Å². The number of alkyl halides is 3. The highest BCUT2D eigenvalue weighted by atomic mass is 79.9. The van der Waals surface area contributed by atoms with Gasteiger partial charge in [0.1, 0.15) is 11.6 Å². The molecule has 142 valence electrons. The molecule has 1 unspecified atom stereocenters. The zero-order valence-electron chi connectivity index (χ0n) is 12.9. The second kappa shape index (κ2) is 6.52. The van der Waals surface area contributed by atoms with Crippen molar-refractivity contribution in [3.8, 4) is 11.5 Å². The summed E-state index contributed by atoms with van der Waals surface area (Å²) in [6.45, 7) is 0. The van der Waals surface area contributed by atoms with Crippen LogP contribution in [0.2, 0.25) is 0 Å². The number of carbonyl (C=O) groups is 1. The molecule has 1 aliphatic heterocycles. The zero-order chi connectivity index (χ0) is 20.0. The minimum atomic E-state index is -5.48. The van der Waals surface area contributed by atoms with E-state index < -0.39 is 40.9 Å². The van der Waals surface area contributed by atoms with Crippen LogP contribution in [0.4, 0.5) is 22.0 Å². The quantitative estimate of drug-likeness (QED) is 0.530. The number of hydrogen-bond donors (Lipinski definition) is 0. The maximum atomic E-state index is 14.0. The predicted molar refractivity (Wildman–Crippen MR) is 83.5 cm³/mol. The lowest BCUT2D eigenvalue weighted by Gasteiger charge is -2.40. The van der Waals surface area contributed by atoms with Gasteiger partial charge in [0.25, 0.3) is 0 Å². The monoisotopic (exact) mass is 449 g/mol. The molecule has 2 aromatic carbocycles. The van der Waals surface area contributed by atoms with Crippen molar-refractivity contribution in [3.63, 3.8) is 0 Å².